The predicted molar refractivity (Wildman–Crippen MR) is 98.6 cm³/mol. The summed E-state index contributed by atoms with van der Waals surface area (Å²) in [6.45, 7) is 2.38. The molecular formula is C20H18N4O. The number of carbonyl (C=O) groups is 1. The minimum atomic E-state index is -0.105. The number of pyridine rings is 1. The van der Waals surface area contributed by atoms with Crippen molar-refractivity contribution >= 4 is 27.8 Å². The van der Waals surface area contributed by atoms with Crippen LogP contribution >= 0.6 is 0 Å². The normalized spacial score (nSPS) is 11.1. The number of H-pyrrole nitrogens is 1. The number of imidazole rings is 1. The fourth-order valence-corrected chi connectivity index (χ4v) is 2.96. The fourth-order valence-electron chi connectivity index (χ4n) is 2.96. The number of aromatic amines is 1. The lowest BCUT2D eigenvalue weighted by Crippen LogP contribution is -2.26. The predicted octanol–water partition coefficient (Wildman–Crippen LogP) is 3.39. The van der Waals surface area contributed by atoms with Crippen molar-refractivity contribution in [3.63, 3.8) is 0 Å². The maximum Gasteiger partial charge on any atom is 0.253 e. The molecule has 0 aliphatic carbocycles. The summed E-state index contributed by atoms with van der Waals surface area (Å²) in [5.41, 5.74) is 4.21. The van der Waals surface area contributed by atoms with Crippen LogP contribution in [0, 0.1) is 6.92 Å². The molecule has 4 aromatic rings. The largest absolute Gasteiger partial charge is 0.352 e. The van der Waals surface area contributed by atoms with Crippen molar-refractivity contribution in [2.24, 2.45) is 0 Å². The van der Waals surface area contributed by atoms with Crippen molar-refractivity contribution in [3.8, 4) is 0 Å². The number of nitrogens with one attached hydrogen (secondary N) is 2. The highest BCUT2D eigenvalue weighted by Crippen LogP contribution is 2.16. The Morgan fingerprint density at radius 1 is 1.04 bits per heavy atom. The Kier molecular flexibility index (Phi) is 3.90. The van der Waals surface area contributed by atoms with Crippen LogP contribution in [0.15, 0.2) is 54.6 Å². The number of aryl methyl sites for hydroxylation is 1. The first-order valence-corrected chi connectivity index (χ1v) is 8.29. The van der Waals surface area contributed by atoms with Crippen LogP contribution in [0.5, 0.6) is 0 Å². The average molecular weight is 330 g/mol. The van der Waals surface area contributed by atoms with E-state index < -0.39 is 0 Å². The maximum absolute atomic E-state index is 12.5. The molecule has 0 fully saturated rings. The Bertz CT molecular complexity index is 1030. The summed E-state index contributed by atoms with van der Waals surface area (Å²) in [4.78, 5) is 24.8. The van der Waals surface area contributed by atoms with Crippen LogP contribution < -0.4 is 5.32 Å². The van der Waals surface area contributed by atoms with Crippen molar-refractivity contribution in [1.82, 2.24) is 20.3 Å². The van der Waals surface area contributed by atoms with Gasteiger partial charge in [0, 0.05) is 18.4 Å². The monoisotopic (exact) mass is 330 g/mol. The molecule has 0 saturated heterocycles. The van der Waals surface area contributed by atoms with Crippen LogP contribution in [0.4, 0.5) is 0 Å². The molecule has 0 aliphatic rings. The smallest absolute Gasteiger partial charge is 0.253 e. The van der Waals surface area contributed by atoms with E-state index in [1.54, 1.807) is 0 Å². The lowest BCUT2D eigenvalue weighted by atomic mass is 10.1. The Morgan fingerprint density at radius 2 is 1.80 bits per heavy atom. The number of aromatic nitrogens is 3. The van der Waals surface area contributed by atoms with E-state index >= 15 is 0 Å². The van der Waals surface area contributed by atoms with E-state index in [2.05, 4.69) is 20.3 Å². The van der Waals surface area contributed by atoms with Gasteiger partial charge in [0.15, 0.2) is 0 Å². The molecule has 0 atom stereocenters. The molecule has 0 aliphatic heterocycles. The molecule has 2 aromatic heterocycles. The first-order valence-electron chi connectivity index (χ1n) is 8.29. The number of para-hydroxylation sites is 3. The van der Waals surface area contributed by atoms with Crippen molar-refractivity contribution in [2.45, 2.75) is 13.3 Å². The number of amides is 1. The molecule has 0 radical (unpaired) electrons. The summed E-state index contributed by atoms with van der Waals surface area (Å²) < 4.78 is 0. The Morgan fingerprint density at radius 3 is 2.64 bits per heavy atom. The number of benzene rings is 2. The zero-order valence-electron chi connectivity index (χ0n) is 13.9. The maximum atomic E-state index is 12.5. The van der Waals surface area contributed by atoms with Gasteiger partial charge in [-0.2, -0.15) is 0 Å². The summed E-state index contributed by atoms with van der Waals surface area (Å²) >= 11 is 0. The number of hydrogen-bond acceptors (Lipinski definition) is 3. The lowest BCUT2D eigenvalue weighted by molar-refractivity contribution is 0.0953. The molecule has 2 heterocycles. The highest BCUT2D eigenvalue weighted by Gasteiger charge is 2.11. The average Bonchev–Trinajstić information content (AvgIpc) is 3.03. The van der Waals surface area contributed by atoms with E-state index in [-0.39, 0.29) is 5.91 Å². The van der Waals surface area contributed by atoms with Gasteiger partial charge in [-0.3, -0.25) is 9.78 Å². The van der Waals surface area contributed by atoms with Crippen LogP contribution in [-0.2, 0) is 6.42 Å². The van der Waals surface area contributed by atoms with Gasteiger partial charge in [0.2, 0.25) is 0 Å². The molecule has 4 rings (SSSR count). The molecule has 2 N–H and O–H groups in total. The number of rotatable bonds is 4. The highest BCUT2D eigenvalue weighted by molar-refractivity contribution is 5.98. The molecule has 1 amide bonds. The summed E-state index contributed by atoms with van der Waals surface area (Å²) in [7, 11) is 0. The number of carbonyl (C=O) groups excluding carboxylic acids is 1. The van der Waals surface area contributed by atoms with Crippen LogP contribution in [0.2, 0.25) is 0 Å². The van der Waals surface area contributed by atoms with Crippen LogP contribution in [0.3, 0.4) is 0 Å². The standard InChI is InChI=1S/C20H18N4O/c1-13-15(12-14-6-2-3-7-16(14)22-13)20(25)21-11-10-19-23-17-8-4-5-9-18(17)24-19/h2-9,12H,10-11H2,1H3,(H,21,25)(H,23,24). The third-order valence-electron chi connectivity index (χ3n) is 4.24. The van der Waals surface area contributed by atoms with Gasteiger partial charge in [0.1, 0.15) is 5.82 Å². The summed E-state index contributed by atoms with van der Waals surface area (Å²) in [6, 6.07) is 17.6. The van der Waals surface area contributed by atoms with Crippen molar-refractivity contribution in [1.29, 1.82) is 0 Å². The molecule has 5 heteroatoms. The third-order valence-corrected chi connectivity index (χ3v) is 4.24. The van der Waals surface area contributed by atoms with Crippen LogP contribution in [0.1, 0.15) is 21.9 Å². The Balaban J connectivity index is 1.46. The van der Waals surface area contributed by atoms with E-state index in [1.165, 1.54) is 0 Å². The van der Waals surface area contributed by atoms with Gasteiger partial charge in [0.05, 0.1) is 27.8 Å². The van der Waals surface area contributed by atoms with Gasteiger partial charge in [-0.25, -0.2) is 4.98 Å². The number of hydrogen-bond donors (Lipinski definition) is 2. The quantitative estimate of drug-likeness (QED) is 0.602. The zero-order chi connectivity index (χ0) is 17.2. The van der Waals surface area contributed by atoms with Crippen molar-refractivity contribution in [3.05, 3.63) is 71.7 Å². The van der Waals surface area contributed by atoms with Gasteiger partial charge in [-0.05, 0) is 31.2 Å². The minimum absolute atomic E-state index is 0.105. The number of fused-ring (bicyclic) bond motifs is 2. The lowest BCUT2D eigenvalue weighted by Gasteiger charge is -2.08. The summed E-state index contributed by atoms with van der Waals surface area (Å²) in [6.07, 6.45) is 0.653. The van der Waals surface area contributed by atoms with Gasteiger partial charge in [-0.15, -0.1) is 0 Å². The molecule has 5 nitrogen and oxygen atoms in total. The van der Waals surface area contributed by atoms with Crippen LogP contribution in [-0.4, -0.2) is 27.4 Å². The second-order valence-corrected chi connectivity index (χ2v) is 6.02. The third kappa shape index (κ3) is 3.08. The van der Waals surface area contributed by atoms with Gasteiger partial charge < -0.3 is 10.3 Å². The highest BCUT2D eigenvalue weighted by atomic mass is 16.1. The molecule has 0 saturated carbocycles. The number of nitrogens with zero attached hydrogens (tertiary/aromatic N) is 2. The second kappa shape index (κ2) is 6.36. The van der Waals surface area contributed by atoms with Crippen molar-refractivity contribution < 1.29 is 4.79 Å². The van der Waals surface area contributed by atoms with Gasteiger partial charge >= 0.3 is 0 Å². The molecule has 0 bridgehead atoms. The van der Waals surface area contributed by atoms with Crippen molar-refractivity contribution in [2.75, 3.05) is 6.54 Å². The molecule has 2 aromatic carbocycles. The van der Waals surface area contributed by atoms with E-state index in [9.17, 15) is 4.79 Å². The molecule has 0 unspecified atom stereocenters. The van der Waals surface area contributed by atoms with Gasteiger partial charge in [0.25, 0.3) is 5.91 Å². The second-order valence-electron chi connectivity index (χ2n) is 6.02. The van der Waals surface area contributed by atoms with E-state index in [0.29, 0.717) is 18.5 Å². The van der Waals surface area contributed by atoms with Gasteiger partial charge in [-0.1, -0.05) is 30.3 Å². The molecule has 124 valence electrons. The Labute approximate surface area is 145 Å². The van der Waals surface area contributed by atoms with Crippen LogP contribution in [0.25, 0.3) is 21.9 Å². The zero-order valence-corrected chi connectivity index (χ0v) is 13.9. The van der Waals surface area contributed by atoms with E-state index in [1.807, 2.05) is 61.5 Å². The minimum Gasteiger partial charge on any atom is -0.352 e. The first kappa shape index (κ1) is 15.3. The summed E-state index contributed by atoms with van der Waals surface area (Å²) in [5.74, 6) is 0.765. The Hall–Kier alpha value is -3.21. The van der Waals surface area contributed by atoms with E-state index in [0.717, 1.165) is 33.5 Å². The summed E-state index contributed by atoms with van der Waals surface area (Å²) in [5, 5.41) is 3.93. The fraction of sp³-hybridized carbons (Fsp3) is 0.150. The molecule has 0 spiro atoms. The topological polar surface area (TPSA) is 70.7 Å². The molecule has 25 heavy (non-hydrogen) atoms. The molecular weight excluding hydrogens is 312 g/mol. The first-order chi connectivity index (χ1) is 12.2. The van der Waals surface area contributed by atoms with E-state index in [4.69, 9.17) is 0 Å². The SMILES string of the molecule is Cc1nc2ccccc2cc1C(=O)NCCc1nc2ccccc2[nH]1.